The number of carboxylic acids is 1. The van der Waals surface area contributed by atoms with Crippen LogP contribution in [0.25, 0.3) is 10.6 Å². The van der Waals surface area contributed by atoms with Crippen molar-refractivity contribution in [1.29, 1.82) is 0 Å². The molecule has 0 fully saturated rings. The van der Waals surface area contributed by atoms with Crippen molar-refractivity contribution in [3.8, 4) is 10.6 Å². The molecular formula is C16H17NO3S. The largest absolute Gasteiger partial charge is 0.481 e. The zero-order valence-corrected chi connectivity index (χ0v) is 12.8. The minimum Gasteiger partial charge on any atom is -0.481 e. The van der Waals surface area contributed by atoms with E-state index in [-0.39, 0.29) is 18.6 Å². The van der Waals surface area contributed by atoms with Gasteiger partial charge in [-0.2, -0.15) is 0 Å². The molecule has 0 amide bonds. The molecule has 4 nitrogen and oxygen atoms in total. The van der Waals surface area contributed by atoms with Crippen molar-refractivity contribution in [2.45, 2.75) is 26.7 Å². The third-order valence-electron chi connectivity index (χ3n) is 3.17. The molecule has 1 aromatic carbocycles. The third-order valence-corrected chi connectivity index (χ3v) is 4.11. The average molecular weight is 303 g/mol. The molecule has 1 N–H and O–H groups in total. The summed E-state index contributed by atoms with van der Waals surface area (Å²) in [7, 11) is 0. The van der Waals surface area contributed by atoms with E-state index in [9.17, 15) is 9.59 Å². The molecular weight excluding hydrogens is 286 g/mol. The van der Waals surface area contributed by atoms with E-state index < -0.39 is 11.4 Å². The van der Waals surface area contributed by atoms with Crippen LogP contribution >= 0.6 is 11.3 Å². The van der Waals surface area contributed by atoms with Gasteiger partial charge in [-0.1, -0.05) is 30.3 Å². The second-order valence-electron chi connectivity index (χ2n) is 5.59. The number of hydrogen-bond acceptors (Lipinski definition) is 4. The summed E-state index contributed by atoms with van der Waals surface area (Å²) in [4.78, 5) is 27.5. The minimum atomic E-state index is -1.03. The molecule has 0 aliphatic heterocycles. The molecule has 2 aromatic rings. The first-order valence-corrected chi connectivity index (χ1v) is 7.51. The number of aromatic nitrogens is 1. The van der Waals surface area contributed by atoms with Gasteiger partial charge in [0.05, 0.1) is 11.1 Å². The average Bonchev–Trinajstić information content (AvgIpc) is 2.87. The first-order chi connectivity index (χ1) is 9.88. The van der Waals surface area contributed by atoms with Crippen molar-refractivity contribution in [2.75, 3.05) is 0 Å². The van der Waals surface area contributed by atoms with Crippen LogP contribution in [-0.2, 0) is 16.0 Å². The quantitative estimate of drug-likeness (QED) is 0.888. The highest BCUT2D eigenvalue weighted by Gasteiger charge is 2.30. The highest BCUT2D eigenvalue weighted by atomic mass is 32.1. The van der Waals surface area contributed by atoms with Crippen LogP contribution in [0.3, 0.4) is 0 Å². The first kappa shape index (κ1) is 15.4. The molecule has 0 saturated heterocycles. The summed E-state index contributed by atoms with van der Waals surface area (Å²) in [6.45, 7) is 3.12. The Morgan fingerprint density at radius 2 is 1.90 bits per heavy atom. The van der Waals surface area contributed by atoms with E-state index in [0.29, 0.717) is 5.69 Å². The molecule has 1 heterocycles. The molecule has 0 unspecified atom stereocenters. The van der Waals surface area contributed by atoms with Gasteiger partial charge < -0.3 is 5.11 Å². The van der Waals surface area contributed by atoms with Gasteiger partial charge in [0, 0.05) is 23.8 Å². The topological polar surface area (TPSA) is 67.3 Å². The fourth-order valence-corrected chi connectivity index (χ4v) is 2.76. The summed E-state index contributed by atoms with van der Waals surface area (Å²) in [6.07, 6.45) is 0.195. The van der Waals surface area contributed by atoms with Crippen LogP contribution in [-0.4, -0.2) is 21.8 Å². The lowest BCUT2D eigenvalue weighted by Crippen LogP contribution is -2.27. The molecule has 1 aromatic heterocycles. The highest BCUT2D eigenvalue weighted by Crippen LogP contribution is 2.25. The van der Waals surface area contributed by atoms with Crippen molar-refractivity contribution in [3.63, 3.8) is 0 Å². The number of carbonyl (C=O) groups excluding carboxylic acids is 1. The van der Waals surface area contributed by atoms with Crippen molar-refractivity contribution in [1.82, 2.24) is 4.98 Å². The number of thiazole rings is 1. The first-order valence-electron chi connectivity index (χ1n) is 6.63. The highest BCUT2D eigenvalue weighted by molar-refractivity contribution is 7.13. The van der Waals surface area contributed by atoms with Crippen LogP contribution in [0.2, 0.25) is 0 Å². The van der Waals surface area contributed by atoms with E-state index in [4.69, 9.17) is 5.11 Å². The maximum Gasteiger partial charge on any atom is 0.309 e. The van der Waals surface area contributed by atoms with Crippen molar-refractivity contribution >= 4 is 23.1 Å². The van der Waals surface area contributed by atoms with Crippen LogP contribution in [0.4, 0.5) is 0 Å². The van der Waals surface area contributed by atoms with Gasteiger partial charge in [0.25, 0.3) is 0 Å². The van der Waals surface area contributed by atoms with E-state index >= 15 is 0 Å². The molecule has 0 saturated carbocycles. The number of hydrogen-bond donors (Lipinski definition) is 1. The Balaban J connectivity index is 2.03. The van der Waals surface area contributed by atoms with Gasteiger partial charge in [0.15, 0.2) is 0 Å². The lowest BCUT2D eigenvalue weighted by molar-refractivity contribution is -0.149. The number of nitrogens with zero attached hydrogens (tertiary/aromatic N) is 1. The smallest absolute Gasteiger partial charge is 0.309 e. The van der Waals surface area contributed by atoms with Crippen LogP contribution < -0.4 is 0 Å². The van der Waals surface area contributed by atoms with Gasteiger partial charge >= 0.3 is 5.97 Å². The fraction of sp³-hybridized carbons (Fsp3) is 0.312. The van der Waals surface area contributed by atoms with Gasteiger partial charge in [0.2, 0.25) is 0 Å². The van der Waals surface area contributed by atoms with Crippen LogP contribution in [0, 0.1) is 5.41 Å². The third kappa shape index (κ3) is 3.98. The number of Topliss-reactive ketones (excluding diaryl/α,β-unsaturated/α-hetero) is 1. The van der Waals surface area contributed by atoms with E-state index in [1.54, 1.807) is 13.8 Å². The monoisotopic (exact) mass is 303 g/mol. The second kappa shape index (κ2) is 6.18. The number of rotatable bonds is 6. The summed E-state index contributed by atoms with van der Waals surface area (Å²) in [5.41, 5.74) is 0.687. The maximum absolute atomic E-state index is 12.0. The summed E-state index contributed by atoms with van der Waals surface area (Å²) in [5.74, 6) is -1.06. The molecule has 2 rings (SSSR count). The van der Waals surface area contributed by atoms with E-state index in [0.717, 1.165) is 10.6 Å². The van der Waals surface area contributed by atoms with Crippen molar-refractivity contribution in [3.05, 3.63) is 41.4 Å². The summed E-state index contributed by atoms with van der Waals surface area (Å²) < 4.78 is 0. The molecule has 110 valence electrons. The molecule has 5 heteroatoms. The van der Waals surface area contributed by atoms with Crippen LogP contribution in [0.1, 0.15) is 26.0 Å². The molecule has 0 radical (unpaired) electrons. The molecule has 0 aliphatic rings. The normalized spacial score (nSPS) is 11.3. The van der Waals surface area contributed by atoms with Gasteiger partial charge in [0.1, 0.15) is 10.8 Å². The number of ketones is 1. The minimum absolute atomic E-state index is 0.0144. The predicted octanol–water partition coefficient (Wildman–Crippen LogP) is 3.42. The molecule has 21 heavy (non-hydrogen) atoms. The van der Waals surface area contributed by atoms with Gasteiger partial charge in [-0.25, -0.2) is 4.98 Å². The molecule has 0 aliphatic carbocycles. The maximum atomic E-state index is 12.0. The van der Waals surface area contributed by atoms with Crippen LogP contribution in [0.15, 0.2) is 35.7 Å². The zero-order valence-electron chi connectivity index (χ0n) is 12.0. The number of carbonyl (C=O) groups is 2. The van der Waals surface area contributed by atoms with Gasteiger partial charge in [-0.3, -0.25) is 9.59 Å². The predicted molar refractivity (Wildman–Crippen MR) is 82.3 cm³/mol. The molecule has 0 bridgehead atoms. The lowest BCUT2D eigenvalue weighted by atomic mass is 9.86. The fourth-order valence-electron chi connectivity index (χ4n) is 1.93. The van der Waals surface area contributed by atoms with E-state index in [2.05, 4.69) is 4.98 Å². The Morgan fingerprint density at radius 3 is 2.52 bits per heavy atom. The van der Waals surface area contributed by atoms with Gasteiger partial charge in [-0.15, -0.1) is 11.3 Å². The van der Waals surface area contributed by atoms with Crippen molar-refractivity contribution < 1.29 is 14.7 Å². The summed E-state index contributed by atoms with van der Waals surface area (Å²) in [5, 5.41) is 11.8. The van der Waals surface area contributed by atoms with Gasteiger partial charge in [-0.05, 0) is 13.8 Å². The standard InChI is InChI=1S/C16H17NO3S/c1-16(2,15(19)20)9-13(18)8-12-10-21-14(17-12)11-6-4-3-5-7-11/h3-7,10H,8-9H2,1-2H3,(H,19,20). The Morgan fingerprint density at radius 1 is 1.24 bits per heavy atom. The summed E-state index contributed by atoms with van der Waals surface area (Å²) >= 11 is 1.49. The van der Waals surface area contributed by atoms with Crippen molar-refractivity contribution in [2.24, 2.45) is 5.41 Å². The Hall–Kier alpha value is -2.01. The van der Waals surface area contributed by atoms with E-state index in [1.165, 1.54) is 11.3 Å². The SMILES string of the molecule is CC(C)(CC(=O)Cc1csc(-c2ccccc2)n1)C(=O)O. The number of aliphatic carboxylic acids is 1. The Kier molecular flexibility index (Phi) is 4.53. The van der Waals surface area contributed by atoms with Crippen LogP contribution in [0.5, 0.6) is 0 Å². The second-order valence-corrected chi connectivity index (χ2v) is 6.45. The lowest BCUT2D eigenvalue weighted by Gasteiger charge is -2.17. The van der Waals surface area contributed by atoms with E-state index in [1.807, 2.05) is 35.7 Å². The molecule has 0 atom stereocenters. The summed E-state index contributed by atoms with van der Waals surface area (Å²) in [6, 6.07) is 9.76. The molecule has 0 spiro atoms. The number of benzene rings is 1. The zero-order chi connectivity index (χ0) is 15.5. The Labute approximate surface area is 127 Å². The number of carboxylic acid groups (broad SMARTS) is 1. The Bertz CT molecular complexity index is 647.